The molecule has 1 atom stereocenters. The Kier molecular flexibility index (Phi) is 5.41. The van der Waals surface area contributed by atoms with Gasteiger partial charge in [0.1, 0.15) is 4.36 Å². The van der Waals surface area contributed by atoms with Gasteiger partial charge in [-0.05, 0) is 25.1 Å². The van der Waals surface area contributed by atoms with E-state index in [2.05, 4.69) is 0 Å². The predicted octanol–water partition coefficient (Wildman–Crippen LogP) is 2.61. The van der Waals surface area contributed by atoms with Crippen LogP contribution in [0.1, 0.15) is 6.92 Å². The first-order chi connectivity index (χ1) is 9.55. The second-order valence-corrected chi connectivity index (χ2v) is 6.60. The van der Waals surface area contributed by atoms with E-state index in [0.29, 0.717) is 0 Å². The maximum absolute atomic E-state index is 12.1. The lowest BCUT2D eigenvalue weighted by atomic mass is 10.3. The third-order valence-electron chi connectivity index (χ3n) is 2.31. The van der Waals surface area contributed by atoms with Crippen LogP contribution in [0.15, 0.2) is 45.7 Å². The number of hydrogen-bond donors (Lipinski definition) is 1. The van der Waals surface area contributed by atoms with Crippen LogP contribution in [0.3, 0.4) is 0 Å². The van der Waals surface area contributed by atoms with Gasteiger partial charge in [-0.1, -0.05) is 29.8 Å². The number of rotatable bonds is 4. The van der Waals surface area contributed by atoms with Gasteiger partial charge in [0.25, 0.3) is 0 Å². The Morgan fingerprint density at radius 2 is 1.81 bits per heavy atom. The normalized spacial score (nSPS) is 14.6. The van der Waals surface area contributed by atoms with Crippen LogP contribution >= 0.6 is 11.6 Å². The van der Waals surface area contributed by atoms with Crippen molar-refractivity contribution < 1.29 is 26.4 Å². The van der Waals surface area contributed by atoms with E-state index in [1.165, 1.54) is 31.2 Å². The molecule has 1 rings (SSSR count). The maximum Gasteiger partial charge on any atom is 0.471 e. The first kappa shape index (κ1) is 17.5. The Bertz CT molecular complexity index is 641. The van der Waals surface area contributed by atoms with Crippen molar-refractivity contribution in [3.8, 4) is 0 Å². The SMILES string of the molecule is C[C@@H](/C=C(\Cl)S(=O)(=O)c1ccccc1)NC(=O)C(F)(F)F. The van der Waals surface area contributed by atoms with E-state index in [1.54, 1.807) is 11.4 Å². The first-order valence-corrected chi connectivity index (χ1v) is 7.46. The number of benzene rings is 1. The molecule has 0 aliphatic rings. The van der Waals surface area contributed by atoms with Gasteiger partial charge in [-0.15, -0.1) is 0 Å². The van der Waals surface area contributed by atoms with Crippen molar-refractivity contribution in [1.82, 2.24) is 5.32 Å². The molecule has 21 heavy (non-hydrogen) atoms. The molecule has 9 heteroatoms. The van der Waals surface area contributed by atoms with Crippen LogP contribution in [0, 0.1) is 0 Å². The largest absolute Gasteiger partial charge is 0.471 e. The van der Waals surface area contributed by atoms with Crippen LogP contribution < -0.4 is 5.32 Å². The number of amides is 1. The first-order valence-electron chi connectivity index (χ1n) is 5.60. The Morgan fingerprint density at radius 1 is 1.29 bits per heavy atom. The minimum absolute atomic E-state index is 0.0967. The summed E-state index contributed by atoms with van der Waals surface area (Å²) in [5.74, 6) is -2.17. The molecule has 1 amide bonds. The molecule has 0 aliphatic carbocycles. The smallest absolute Gasteiger partial charge is 0.342 e. The Hall–Kier alpha value is -1.54. The average Bonchev–Trinajstić information content (AvgIpc) is 2.38. The van der Waals surface area contributed by atoms with Gasteiger partial charge >= 0.3 is 12.1 Å². The Morgan fingerprint density at radius 3 is 2.29 bits per heavy atom. The lowest BCUT2D eigenvalue weighted by molar-refractivity contribution is -0.173. The molecule has 0 saturated heterocycles. The summed E-state index contributed by atoms with van der Waals surface area (Å²) in [7, 11) is -4.01. The van der Waals surface area contributed by atoms with Crippen molar-refractivity contribution in [1.29, 1.82) is 0 Å². The van der Waals surface area contributed by atoms with Gasteiger partial charge in [-0.2, -0.15) is 13.2 Å². The fraction of sp³-hybridized carbons (Fsp3) is 0.250. The van der Waals surface area contributed by atoms with Crippen LogP contribution in [-0.4, -0.2) is 26.5 Å². The average molecular weight is 342 g/mol. The van der Waals surface area contributed by atoms with Crippen LogP contribution in [0.25, 0.3) is 0 Å². The molecule has 1 N–H and O–H groups in total. The van der Waals surface area contributed by atoms with Gasteiger partial charge < -0.3 is 5.32 Å². The fourth-order valence-electron chi connectivity index (χ4n) is 1.33. The number of halogens is 4. The molecule has 0 fully saturated rings. The van der Waals surface area contributed by atoms with Crippen molar-refractivity contribution in [2.24, 2.45) is 0 Å². The highest BCUT2D eigenvalue weighted by Crippen LogP contribution is 2.22. The van der Waals surface area contributed by atoms with E-state index >= 15 is 0 Å². The molecule has 1 aromatic carbocycles. The number of carbonyl (C=O) groups is 1. The molecule has 4 nitrogen and oxygen atoms in total. The molecule has 0 spiro atoms. The summed E-state index contributed by atoms with van der Waals surface area (Å²) >= 11 is 5.64. The predicted molar refractivity (Wildman–Crippen MR) is 71.2 cm³/mol. The quantitative estimate of drug-likeness (QED) is 0.915. The highest BCUT2D eigenvalue weighted by atomic mass is 35.5. The van der Waals surface area contributed by atoms with E-state index in [-0.39, 0.29) is 4.90 Å². The summed E-state index contributed by atoms with van der Waals surface area (Å²) in [6.45, 7) is 1.17. The van der Waals surface area contributed by atoms with Crippen LogP contribution in [0.5, 0.6) is 0 Å². The summed E-state index contributed by atoms with van der Waals surface area (Å²) < 4.78 is 59.6. The van der Waals surface area contributed by atoms with Crippen molar-refractivity contribution in [3.05, 3.63) is 40.8 Å². The number of carbonyl (C=O) groups excluding carboxylic acids is 1. The fourth-order valence-corrected chi connectivity index (χ4v) is 2.91. The minimum atomic E-state index is -5.05. The van der Waals surface area contributed by atoms with E-state index in [0.717, 1.165) is 6.08 Å². The molecule has 0 bridgehead atoms. The summed E-state index contributed by atoms with van der Waals surface area (Å²) in [6.07, 6.45) is -4.22. The molecule has 0 heterocycles. The number of nitrogens with one attached hydrogen (secondary N) is 1. The van der Waals surface area contributed by atoms with Gasteiger partial charge in [0.2, 0.25) is 9.84 Å². The third kappa shape index (κ3) is 4.75. The van der Waals surface area contributed by atoms with Crippen LogP contribution in [0.4, 0.5) is 13.2 Å². The molecule has 116 valence electrons. The Labute approximate surface area is 124 Å². The summed E-state index contributed by atoms with van der Waals surface area (Å²) in [5, 5.41) is 1.59. The molecular weight excluding hydrogens is 331 g/mol. The molecular formula is C12H11ClF3NO3S. The van der Waals surface area contributed by atoms with Crippen LogP contribution in [-0.2, 0) is 14.6 Å². The lowest BCUT2D eigenvalue weighted by Crippen LogP contribution is -2.41. The van der Waals surface area contributed by atoms with Gasteiger partial charge in [-0.25, -0.2) is 8.42 Å². The zero-order chi connectivity index (χ0) is 16.3. The van der Waals surface area contributed by atoms with Crippen molar-refractivity contribution >= 4 is 27.3 Å². The van der Waals surface area contributed by atoms with E-state index in [9.17, 15) is 26.4 Å². The van der Waals surface area contributed by atoms with Crippen LogP contribution in [0.2, 0.25) is 0 Å². The molecule has 0 aliphatic heterocycles. The topological polar surface area (TPSA) is 63.2 Å². The molecule has 0 saturated carbocycles. The summed E-state index contributed by atoms with van der Waals surface area (Å²) in [6, 6.07) is 5.94. The molecule has 1 aromatic rings. The highest BCUT2D eigenvalue weighted by Gasteiger charge is 2.39. The second kappa shape index (κ2) is 6.48. The lowest BCUT2D eigenvalue weighted by Gasteiger charge is -2.12. The van der Waals surface area contributed by atoms with Crippen molar-refractivity contribution in [3.63, 3.8) is 0 Å². The van der Waals surface area contributed by atoms with Gasteiger partial charge in [0, 0.05) is 6.04 Å². The van der Waals surface area contributed by atoms with Gasteiger partial charge in [0.15, 0.2) is 0 Å². The zero-order valence-electron chi connectivity index (χ0n) is 10.7. The van der Waals surface area contributed by atoms with Crippen molar-refractivity contribution in [2.75, 3.05) is 0 Å². The number of hydrogen-bond acceptors (Lipinski definition) is 3. The van der Waals surface area contributed by atoms with Crippen molar-refractivity contribution in [2.45, 2.75) is 24.0 Å². The third-order valence-corrected chi connectivity index (χ3v) is 4.59. The summed E-state index contributed by atoms with van der Waals surface area (Å²) in [5.41, 5.74) is 0. The molecule has 0 unspecified atom stereocenters. The highest BCUT2D eigenvalue weighted by molar-refractivity contribution is 7.96. The number of sulfone groups is 1. The number of alkyl halides is 3. The molecule has 0 radical (unpaired) electrons. The van der Waals surface area contributed by atoms with E-state index in [4.69, 9.17) is 11.6 Å². The Balaban J connectivity index is 2.92. The second-order valence-electron chi connectivity index (χ2n) is 4.05. The minimum Gasteiger partial charge on any atom is -0.342 e. The van der Waals surface area contributed by atoms with Gasteiger partial charge in [-0.3, -0.25) is 4.79 Å². The standard InChI is InChI=1S/C12H11ClF3NO3S/c1-8(17-11(18)12(14,15)16)7-10(13)21(19,20)9-5-3-2-4-6-9/h2-8H,1H3,(H,17,18)/b10-7+/t8-/m0/s1. The monoisotopic (exact) mass is 341 g/mol. The zero-order valence-corrected chi connectivity index (χ0v) is 12.3. The van der Waals surface area contributed by atoms with E-state index in [1.807, 2.05) is 0 Å². The maximum atomic E-state index is 12.1. The summed E-state index contributed by atoms with van der Waals surface area (Å²) in [4.78, 5) is 10.6. The van der Waals surface area contributed by atoms with Gasteiger partial charge in [0.05, 0.1) is 4.90 Å². The molecule has 0 aromatic heterocycles. The van der Waals surface area contributed by atoms with E-state index < -0.39 is 32.3 Å².